The fourth-order valence-corrected chi connectivity index (χ4v) is 3.31. The second-order valence-electron chi connectivity index (χ2n) is 6.40. The van der Waals surface area contributed by atoms with Crippen molar-refractivity contribution in [2.45, 2.75) is 84.1 Å². The summed E-state index contributed by atoms with van der Waals surface area (Å²) in [6.07, 6.45) is 13.5. The Balaban J connectivity index is 1.80. The van der Waals surface area contributed by atoms with Gasteiger partial charge in [-0.1, -0.05) is 51.2 Å². The van der Waals surface area contributed by atoms with Crippen LogP contribution in [0, 0.1) is 0 Å². The Labute approximate surface area is 125 Å². The van der Waals surface area contributed by atoms with E-state index in [-0.39, 0.29) is 0 Å². The van der Waals surface area contributed by atoms with Gasteiger partial charge in [0.25, 0.3) is 0 Å². The maximum Gasteiger partial charge on any atom is 0.0377 e. The highest BCUT2D eigenvalue weighted by atomic mass is 14.9. The van der Waals surface area contributed by atoms with Crippen molar-refractivity contribution in [3.63, 3.8) is 0 Å². The molecule has 0 saturated carbocycles. The third kappa shape index (κ3) is 4.54. The van der Waals surface area contributed by atoms with Crippen LogP contribution in [0.5, 0.6) is 0 Å². The average molecular weight is 273 g/mol. The second kappa shape index (κ2) is 8.34. The van der Waals surface area contributed by atoms with Crippen molar-refractivity contribution in [1.82, 2.24) is 0 Å². The number of rotatable bonds is 8. The highest BCUT2D eigenvalue weighted by molar-refractivity contribution is 5.56. The van der Waals surface area contributed by atoms with Gasteiger partial charge in [-0.15, -0.1) is 0 Å². The number of hydrogen-bond donors (Lipinski definition) is 1. The van der Waals surface area contributed by atoms with E-state index < -0.39 is 0 Å². The Morgan fingerprint density at radius 3 is 2.70 bits per heavy atom. The highest BCUT2D eigenvalue weighted by Crippen LogP contribution is 2.28. The first-order valence-electron chi connectivity index (χ1n) is 8.68. The number of benzene rings is 1. The van der Waals surface area contributed by atoms with Crippen molar-refractivity contribution in [3.8, 4) is 0 Å². The molecule has 1 atom stereocenters. The molecule has 112 valence electrons. The summed E-state index contributed by atoms with van der Waals surface area (Å²) in [6, 6.07) is 7.41. The van der Waals surface area contributed by atoms with E-state index in [1.54, 1.807) is 11.1 Å². The minimum atomic E-state index is 0.602. The quantitative estimate of drug-likeness (QED) is 0.597. The lowest BCUT2D eigenvalue weighted by atomic mass is 9.90. The lowest BCUT2D eigenvalue weighted by Gasteiger charge is -2.23. The summed E-state index contributed by atoms with van der Waals surface area (Å²) in [4.78, 5) is 0. The van der Waals surface area contributed by atoms with Gasteiger partial charge in [-0.3, -0.25) is 0 Å². The Bertz CT molecular complexity index is 397. The van der Waals surface area contributed by atoms with E-state index in [0.29, 0.717) is 6.04 Å². The average Bonchev–Trinajstić information content (AvgIpc) is 2.47. The van der Waals surface area contributed by atoms with Gasteiger partial charge in [-0.05, 0) is 56.2 Å². The molecule has 1 unspecified atom stereocenters. The fourth-order valence-electron chi connectivity index (χ4n) is 3.31. The molecule has 1 aliphatic rings. The Morgan fingerprint density at radius 1 is 1.05 bits per heavy atom. The second-order valence-corrected chi connectivity index (χ2v) is 6.40. The van der Waals surface area contributed by atoms with Gasteiger partial charge in [0.2, 0.25) is 0 Å². The van der Waals surface area contributed by atoms with Crippen LogP contribution in [0.3, 0.4) is 0 Å². The van der Waals surface area contributed by atoms with Crippen LogP contribution in [-0.4, -0.2) is 6.04 Å². The van der Waals surface area contributed by atoms with Crippen LogP contribution in [0.4, 0.5) is 5.69 Å². The number of fused-ring (bicyclic) bond motifs is 1. The van der Waals surface area contributed by atoms with Crippen molar-refractivity contribution in [3.05, 3.63) is 29.3 Å². The van der Waals surface area contributed by atoms with Gasteiger partial charge < -0.3 is 5.32 Å². The lowest BCUT2D eigenvalue weighted by molar-refractivity contribution is 0.577. The number of hydrogen-bond acceptors (Lipinski definition) is 1. The summed E-state index contributed by atoms with van der Waals surface area (Å²) in [6.45, 7) is 4.62. The predicted molar refractivity (Wildman–Crippen MR) is 89.5 cm³/mol. The molecule has 1 N–H and O–H groups in total. The topological polar surface area (TPSA) is 12.0 Å². The molecule has 1 heteroatoms. The van der Waals surface area contributed by atoms with Crippen LogP contribution in [0.2, 0.25) is 0 Å². The highest BCUT2D eigenvalue weighted by Gasteiger charge is 2.13. The maximum absolute atomic E-state index is 3.76. The zero-order valence-electron chi connectivity index (χ0n) is 13.4. The first-order chi connectivity index (χ1) is 9.81. The van der Waals surface area contributed by atoms with Crippen molar-refractivity contribution < 1.29 is 0 Å². The Hall–Kier alpha value is -0.980. The van der Waals surface area contributed by atoms with E-state index in [9.17, 15) is 0 Å². The monoisotopic (exact) mass is 273 g/mol. The summed E-state index contributed by atoms with van der Waals surface area (Å²) in [5.74, 6) is 0. The molecule has 0 saturated heterocycles. The molecule has 0 fully saturated rings. The van der Waals surface area contributed by atoms with Gasteiger partial charge in [0, 0.05) is 11.7 Å². The van der Waals surface area contributed by atoms with Crippen molar-refractivity contribution in [2.24, 2.45) is 0 Å². The van der Waals surface area contributed by atoms with Gasteiger partial charge in [-0.25, -0.2) is 0 Å². The third-order valence-corrected chi connectivity index (χ3v) is 4.54. The zero-order chi connectivity index (χ0) is 14.2. The van der Waals surface area contributed by atoms with Gasteiger partial charge in [0.1, 0.15) is 0 Å². The van der Waals surface area contributed by atoms with Crippen LogP contribution in [0.15, 0.2) is 18.2 Å². The van der Waals surface area contributed by atoms with Crippen LogP contribution in [0.25, 0.3) is 0 Å². The van der Waals surface area contributed by atoms with Crippen molar-refractivity contribution >= 4 is 5.69 Å². The molecule has 1 nitrogen and oxygen atoms in total. The lowest BCUT2D eigenvalue weighted by Crippen LogP contribution is -2.17. The molecule has 1 aromatic rings. The van der Waals surface area contributed by atoms with E-state index in [2.05, 4.69) is 37.4 Å². The van der Waals surface area contributed by atoms with E-state index >= 15 is 0 Å². The maximum atomic E-state index is 3.76. The molecule has 0 bridgehead atoms. The van der Waals surface area contributed by atoms with E-state index in [4.69, 9.17) is 0 Å². The molecule has 0 amide bonds. The summed E-state index contributed by atoms with van der Waals surface area (Å²) < 4.78 is 0. The minimum absolute atomic E-state index is 0.602. The van der Waals surface area contributed by atoms with Crippen LogP contribution >= 0.6 is 0 Å². The molecule has 0 spiro atoms. The van der Waals surface area contributed by atoms with Gasteiger partial charge in [-0.2, -0.15) is 0 Å². The Morgan fingerprint density at radius 2 is 1.85 bits per heavy atom. The number of nitrogens with one attached hydrogen (secondary N) is 1. The minimum Gasteiger partial charge on any atom is -0.382 e. The molecule has 0 aliphatic heterocycles. The number of aryl methyl sites for hydroxylation is 1. The van der Waals surface area contributed by atoms with Crippen LogP contribution in [-0.2, 0) is 12.8 Å². The molecule has 20 heavy (non-hydrogen) atoms. The summed E-state index contributed by atoms with van der Waals surface area (Å²) in [7, 11) is 0. The van der Waals surface area contributed by atoms with Crippen molar-refractivity contribution in [2.75, 3.05) is 5.32 Å². The van der Waals surface area contributed by atoms with Crippen molar-refractivity contribution in [1.29, 1.82) is 0 Å². The first kappa shape index (κ1) is 15.4. The fraction of sp³-hybridized carbons (Fsp3) is 0.684. The summed E-state index contributed by atoms with van der Waals surface area (Å²) >= 11 is 0. The molecule has 2 rings (SSSR count). The molecule has 0 radical (unpaired) electrons. The molecular weight excluding hydrogens is 242 g/mol. The SMILES string of the molecule is CCCCCCCC(C)Nc1cccc2c1CCCC2. The van der Waals surface area contributed by atoms with E-state index in [0.717, 1.165) is 0 Å². The molecule has 0 aromatic heterocycles. The van der Waals surface area contributed by atoms with Gasteiger partial charge >= 0.3 is 0 Å². The third-order valence-electron chi connectivity index (χ3n) is 4.54. The van der Waals surface area contributed by atoms with Crippen LogP contribution in [0.1, 0.15) is 76.3 Å². The number of unbranched alkanes of at least 4 members (excludes halogenated alkanes) is 4. The largest absolute Gasteiger partial charge is 0.382 e. The van der Waals surface area contributed by atoms with Crippen LogP contribution < -0.4 is 5.32 Å². The normalized spacial score (nSPS) is 15.7. The van der Waals surface area contributed by atoms with Gasteiger partial charge in [0.15, 0.2) is 0 Å². The standard InChI is InChI=1S/C19H31N/c1-3-4-5-6-7-11-16(2)20-19-15-10-13-17-12-8-9-14-18(17)19/h10,13,15-16,20H,3-9,11-12,14H2,1-2H3. The molecular formula is C19H31N. The predicted octanol–water partition coefficient (Wildman–Crippen LogP) is 5.73. The molecule has 0 heterocycles. The van der Waals surface area contributed by atoms with E-state index in [1.807, 2.05) is 0 Å². The van der Waals surface area contributed by atoms with E-state index in [1.165, 1.54) is 69.9 Å². The smallest absolute Gasteiger partial charge is 0.0377 e. The molecule has 1 aromatic carbocycles. The summed E-state index contributed by atoms with van der Waals surface area (Å²) in [5, 5.41) is 3.76. The Kier molecular flexibility index (Phi) is 6.42. The number of anilines is 1. The summed E-state index contributed by atoms with van der Waals surface area (Å²) in [5.41, 5.74) is 4.58. The zero-order valence-corrected chi connectivity index (χ0v) is 13.4. The molecule has 1 aliphatic carbocycles. The first-order valence-corrected chi connectivity index (χ1v) is 8.68. The van der Waals surface area contributed by atoms with Gasteiger partial charge in [0.05, 0.1) is 0 Å².